The second kappa shape index (κ2) is 6.45. The highest BCUT2D eigenvalue weighted by atomic mass is 79.9. The third-order valence-corrected chi connectivity index (χ3v) is 4.17. The van der Waals surface area contributed by atoms with Crippen LogP contribution in [0, 0.1) is 6.92 Å². The molecule has 0 aliphatic heterocycles. The second-order valence-electron chi connectivity index (χ2n) is 4.25. The Morgan fingerprint density at radius 3 is 2.89 bits per heavy atom. The zero-order valence-electron chi connectivity index (χ0n) is 10.6. The standard InChI is InChI=1S/C14H17BrN2S/c1-3-14(11-5-4-6-12(15)7-11)16-8-13-9-18-10(2)17-13/h4-7,9,14,16H,3,8H2,1-2H3. The van der Waals surface area contributed by atoms with Crippen molar-refractivity contribution in [1.29, 1.82) is 0 Å². The molecule has 1 aromatic heterocycles. The van der Waals surface area contributed by atoms with Gasteiger partial charge in [0, 0.05) is 22.4 Å². The van der Waals surface area contributed by atoms with Gasteiger partial charge in [-0.2, -0.15) is 0 Å². The molecule has 0 aliphatic carbocycles. The van der Waals surface area contributed by atoms with E-state index in [-0.39, 0.29) is 0 Å². The van der Waals surface area contributed by atoms with Crippen LogP contribution in [0.3, 0.4) is 0 Å². The van der Waals surface area contributed by atoms with Gasteiger partial charge in [0.1, 0.15) is 0 Å². The fraction of sp³-hybridized carbons (Fsp3) is 0.357. The number of halogens is 1. The number of hydrogen-bond acceptors (Lipinski definition) is 3. The molecule has 0 saturated carbocycles. The summed E-state index contributed by atoms with van der Waals surface area (Å²) >= 11 is 5.22. The molecule has 0 fully saturated rings. The van der Waals surface area contributed by atoms with Crippen molar-refractivity contribution in [2.24, 2.45) is 0 Å². The van der Waals surface area contributed by atoms with Crippen molar-refractivity contribution in [3.63, 3.8) is 0 Å². The fourth-order valence-corrected chi connectivity index (χ4v) is 2.97. The Morgan fingerprint density at radius 1 is 1.44 bits per heavy atom. The summed E-state index contributed by atoms with van der Waals surface area (Å²) in [6, 6.07) is 8.85. The summed E-state index contributed by atoms with van der Waals surface area (Å²) in [6.45, 7) is 5.07. The van der Waals surface area contributed by atoms with Crippen molar-refractivity contribution < 1.29 is 0 Å². The first-order valence-corrected chi connectivity index (χ1v) is 7.76. The summed E-state index contributed by atoms with van der Waals surface area (Å²) in [5.41, 5.74) is 2.45. The van der Waals surface area contributed by atoms with Crippen molar-refractivity contribution >= 4 is 27.3 Å². The van der Waals surface area contributed by atoms with Gasteiger partial charge in [-0.3, -0.25) is 0 Å². The summed E-state index contributed by atoms with van der Waals surface area (Å²) in [5.74, 6) is 0. The quantitative estimate of drug-likeness (QED) is 0.878. The minimum Gasteiger partial charge on any atom is -0.304 e. The molecule has 0 bridgehead atoms. The van der Waals surface area contributed by atoms with Crippen molar-refractivity contribution in [2.45, 2.75) is 32.9 Å². The van der Waals surface area contributed by atoms with E-state index in [0.717, 1.165) is 28.1 Å². The normalized spacial score (nSPS) is 12.6. The minimum atomic E-state index is 0.379. The maximum atomic E-state index is 4.47. The molecule has 0 spiro atoms. The number of rotatable bonds is 5. The van der Waals surface area contributed by atoms with Crippen LogP contribution >= 0.6 is 27.3 Å². The van der Waals surface area contributed by atoms with Gasteiger partial charge in [-0.25, -0.2) is 4.98 Å². The third-order valence-electron chi connectivity index (χ3n) is 2.86. The average Bonchev–Trinajstić information content (AvgIpc) is 2.76. The number of aromatic nitrogens is 1. The van der Waals surface area contributed by atoms with Crippen LogP contribution in [0.25, 0.3) is 0 Å². The highest BCUT2D eigenvalue weighted by molar-refractivity contribution is 9.10. The van der Waals surface area contributed by atoms with E-state index in [1.54, 1.807) is 11.3 Å². The monoisotopic (exact) mass is 324 g/mol. The molecule has 2 aromatic rings. The van der Waals surface area contributed by atoms with Gasteiger partial charge in [0.25, 0.3) is 0 Å². The van der Waals surface area contributed by atoms with Gasteiger partial charge in [0.05, 0.1) is 10.7 Å². The van der Waals surface area contributed by atoms with Crippen LogP contribution in [-0.2, 0) is 6.54 Å². The molecule has 0 aliphatic rings. The number of nitrogens with zero attached hydrogens (tertiary/aromatic N) is 1. The molecule has 1 heterocycles. The largest absolute Gasteiger partial charge is 0.304 e. The lowest BCUT2D eigenvalue weighted by Crippen LogP contribution is -2.20. The Morgan fingerprint density at radius 2 is 2.28 bits per heavy atom. The summed E-state index contributed by atoms with van der Waals surface area (Å²) in [7, 11) is 0. The molecule has 18 heavy (non-hydrogen) atoms. The van der Waals surface area contributed by atoms with Crippen molar-refractivity contribution in [2.75, 3.05) is 0 Å². The van der Waals surface area contributed by atoms with Crippen LogP contribution in [0.4, 0.5) is 0 Å². The van der Waals surface area contributed by atoms with Gasteiger partial charge in [0.2, 0.25) is 0 Å². The lowest BCUT2D eigenvalue weighted by atomic mass is 10.0. The van der Waals surface area contributed by atoms with Crippen LogP contribution in [0.15, 0.2) is 34.1 Å². The molecule has 1 aromatic carbocycles. The van der Waals surface area contributed by atoms with Gasteiger partial charge in [-0.15, -0.1) is 11.3 Å². The summed E-state index contributed by atoms with van der Waals surface area (Å²) < 4.78 is 1.13. The van der Waals surface area contributed by atoms with Crippen molar-refractivity contribution in [3.8, 4) is 0 Å². The highest BCUT2D eigenvalue weighted by Crippen LogP contribution is 2.21. The fourth-order valence-electron chi connectivity index (χ4n) is 1.94. The second-order valence-corrected chi connectivity index (χ2v) is 6.23. The van der Waals surface area contributed by atoms with Gasteiger partial charge in [0.15, 0.2) is 0 Å². The first-order valence-electron chi connectivity index (χ1n) is 6.09. The van der Waals surface area contributed by atoms with Gasteiger partial charge in [-0.1, -0.05) is 35.0 Å². The first kappa shape index (κ1) is 13.7. The Labute approximate surface area is 121 Å². The van der Waals surface area contributed by atoms with E-state index < -0.39 is 0 Å². The minimum absolute atomic E-state index is 0.379. The molecule has 0 radical (unpaired) electrons. The first-order chi connectivity index (χ1) is 8.69. The van der Waals surface area contributed by atoms with Crippen LogP contribution in [0.2, 0.25) is 0 Å². The number of hydrogen-bond donors (Lipinski definition) is 1. The Hall–Kier alpha value is -0.710. The molecule has 2 rings (SSSR count). The maximum absolute atomic E-state index is 4.47. The lowest BCUT2D eigenvalue weighted by molar-refractivity contribution is 0.515. The van der Waals surface area contributed by atoms with Gasteiger partial charge >= 0.3 is 0 Å². The molecule has 2 nitrogen and oxygen atoms in total. The van der Waals surface area contributed by atoms with E-state index in [1.165, 1.54) is 5.56 Å². The van der Waals surface area contributed by atoms with Gasteiger partial charge in [-0.05, 0) is 31.0 Å². The van der Waals surface area contributed by atoms with E-state index in [0.29, 0.717) is 6.04 Å². The molecular formula is C14H17BrN2S. The number of nitrogens with one attached hydrogen (secondary N) is 1. The molecular weight excluding hydrogens is 308 g/mol. The maximum Gasteiger partial charge on any atom is 0.0897 e. The van der Waals surface area contributed by atoms with Crippen LogP contribution in [0.1, 0.15) is 35.7 Å². The molecule has 1 N–H and O–H groups in total. The molecule has 96 valence electrons. The predicted octanol–water partition coefficient (Wildman–Crippen LogP) is 4.45. The zero-order chi connectivity index (χ0) is 13.0. The summed E-state index contributed by atoms with van der Waals surface area (Å²) in [6.07, 6.45) is 1.07. The Kier molecular flexibility index (Phi) is 4.92. The Bertz CT molecular complexity index is 510. The summed E-state index contributed by atoms with van der Waals surface area (Å²) in [4.78, 5) is 4.47. The van der Waals surface area contributed by atoms with E-state index in [4.69, 9.17) is 0 Å². The predicted molar refractivity (Wildman–Crippen MR) is 80.9 cm³/mol. The SMILES string of the molecule is CCC(NCc1csc(C)n1)c1cccc(Br)c1. The molecule has 1 unspecified atom stereocenters. The summed E-state index contributed by atoms with van der Waals surface area (Å²) in [5, 5.41) is 6.81. The molecule has 0 amide bonds. The number of aryl methyl sites for hydroxylation is 1. The number of thiazole rings is 1. The zero-order valence-corrected chi connectivity index (χ0v) is 13.0. The van der Waals surface area contributed by atoms with Crippen LogP contribution in [0.5, 0.6) is 0 Å². The topological polar surface area (TPSA) is 24.9 Å². The van der Waals surface area contributed by atoms with E-state index in [2.05, 4.69) is 62.8 Å². The van der Waals surface area contributed by atoms with Crippen molar-refractivity contribution in [3.05, 3.63) is 50.4 Å². The highest BCUT2D eigenvalue weighted by Gasteiger charge is 2.09. The van der Waals surface area contributed by atoms with Crippen molar-refractivity contribution in [1.82, 2.24) is 10.3 Å². The van der Waals surface area contributed by atoms with Gasteiger partial charge < -0.3 is 5.32 Å². The molecule has 1 atom stereocenters. The average molecular weight is 325 g/mol. The van der Waals surface area contributed by atoms with Crippen LogP contribution in [-0.4, -0.2) is 4.98 Å². The molecule has 4 heteroatoms. The van der Waals surface area contributed by atoms with E-state index in [9.17, 15) is 0 Å². The molecule has 0 saturated heterocycles. The van der Waals surface area contributed by atoms with Crippen LogP contribution < -0.4 is 5.32 Å². The lowest BCUT2D eigenvalue weighted by Gasteiger charge is -2.17. The Balaban J connectivity index is 2.01. The van der Waals surface area contributed by atoms with E-state index in [1.807, 2.05) is 6.92 Å². The third kappa shape index (κ3) is 3.64. The van der Waals surface area contributed by atoms with E-state index >= 15 is 0 Å². The number of benzene rings is 1. The smallest absolute Gasteiger partial charge is 0.0897 e.